The smallest absolute Gasteiger partial charge is 0.264 e. The highest BCUT2D eigenvalue weighted by molar-refractivity contribution is 6.23. The van der Waals surface area contributed by atoms with Crippen molar-refractivity contribution in [2.75, 3.05) is 37.6 Å². The third-order valence-electron chi connectivity index (χ3n) is 12.7. The highest BCUT2D eigenvalue weighted by Gasteiger charge is 2.45. The maximum absolute atomic E-state index is 14.1. The molecule has 9 rings (SSSR count). The molecule has 298 valence electrons. The molecule has 0 saturated carbocycles. The van der Waals surface area contributed by atoms with E-state index in [-0.39, 0.29) is 53.9 Å². The highest BCUT2D eigenvalue weighted by Crippen LogP contribution is 2.42. The lowest BCUT2D eigenvalue weighted by Gasteiger charge is -2.34. The number of nitrogens with one attached hydrogen (secondary N) is 1. The first-order chi connectivity index (χ1) is 27.4. The van der Waals surface area contributed by atoms with Gasteiger partial charge in [-0.15, -0.1) is 0 Å². The van der Waals surface area contributed by atoms with Crippen LogP contribution in [0.4, 0.5) is 20.3 Å². The molecule has 6 amide bonds. The normalized spacial score (nSPS) is 21.2. The quantitative estimate of drug-likeness (QED) is 0.370. The fourth-order valence-electron chi connectivity index (χ4n) is 9.64. The average Bonchev–Trinajstić information content (AvgIpc) is 3.84. The Kier molecular flexibility index (Phi) is 9.21. The lowest BCUT2D eigenvalue weighted by atomic mass is 9.95. The number of anilines is 2. The van der Waals surface area contributed by atoms with Crippen molar-refractivity contribution < 1.29 is 37.5 Å². The van der Waals surface area contributed by atoms with Gasteiger partial charge in [0, 0.05) is 81.5 Å². The highest BCUT2D eigenvalue weighted by atomic mass is 19.3. The van der Waals surface area contributed by atoms with Crippen molar-refractivity contribution in [1.29, 1.82) is 0 Å². The van der Waals surface area contributed by atoms with Gasteiger partial charge in [-0.3, -0.25) is 48.6 Å². The summed E-state index contributed by atoms with van der Waals surface area (Å²) in [6.45, 7) is 6.98. The zero-order valence-electron chi connectivity index (χ0n) is 32.0. The number of alkyl halides is 2. The number of piperidine rings is 2. The minimum atomic E-state index is -2.59. The summed E-state index contributed by atoms with van der Waals surface area (Å²) in [6.07, 6.45) is 1.19. The molecule has 2 aromatic carbocycles. The predicted molar refractivity (Wildman–Crippen MR) is 201 cm³/mol. The van der Waals surface area contributed by atoms with Gasteiger partial charge in [0.25, 0.3) is 18.2 Å². The number of likely N-dealkylation sites (tertiary alicyclic amines) is 1. The van der Waals surface area contributed by atoms with Gasteiger partial charge in [-0.2, -0.15) is 5.10 Å². The van der Waals surface area contributed by atoms with Crippen LogP contribution in [-0.2, 0) is 51.7 Å². The molecule has 6 aliphatic heterocycles. The number of rotatable bonds is 6. The van der Waals surface area contributed by atoms with Crippen molar-refractivity contribution in [1.82, 2.24) is 34.7 Å². The van der Waals surface area contributed by atoms with Crippen LogP contribution in [0.15, 0.2) is 24.3 Å². The number of benzene rings is 2. The van der Waals surface area contributed by atoms with Crippen LogP contribution in [0.3, 0.4) is 0 Å². The molecule has 0 spiro atoms. The maximum Gasteiger partial charge on any atom is 0.264 e. The molecular weight excluding hydrogens is 738 g/mol. The number of imide groups is 2. The number of carbonyl (C=O) groups excluding carboxylic acids is 6. The van der Waals surface area contributed by atoms with E-state index in [1.54, 1.807) is 36.9 Å². The third kappa shape index (κ3) is 6.37. The Balaban J connectivity index is 0.877. The number of amides is 6. The van der Waals surface area contributed by atoms with Crippen molar-refractivity contribution in [2.24, 2.45) is 0 Å². The van der Waals surface area contributed by atoms with E-state index < -0.39 is 36.1 Å². The van der Waals surface area contributed by atoms with Gasteiger partial charge < -0.3 is 14.7 Å². The first-order valence-corrected chi connectivity index (χ1v) is 19.8. The molecule has 16 heteroatoms. The van der Waals surface area contributed by atoms with E-state index in [0.717, 1.165) is 51.4 Å². The Morgan fingerprint density at radius 2 is 1.54 bits per heavy atom. The van der Waals surface area contributed by atoms with E-state index >= 15 is 0 Å². The summed E-state index contributed by atoms with van der Waals surface area (Å²) < 4.78 is 30.2. The first-order valence-electron chi connectivity index (χ1n) is 19.8. The average molecular weight is 783 g/mol. The second kappa shape index (κ2) is 14.1. The largest absolute Gasteiger partial charge is 0.341 e. The number of aryl methyl sites for hydroxylation is 2. The van der Waals surface area contributed by atoms with E-state index in [1.165, 1.54) is 0 Å². The number of carbonyl (C=O) groups is 6. The fourth-order valence-corrected chi connectivity index (χ4v) is 9.64. The minimum absolute atomic E-state index is 0.0136. The van der Waals surface area contributed by atoms with E-state index in [1.807, 2.05) is 15.9 Å². The molecule has 1 atom stereocenters. The Morgan fingerprint density at radius 1 is 0.842 bits per heavy atom. The van der Waals surface area contributed by atoms with Gasteiger partial charge in [0.1, 0.15) is 6.04 Å². The van der Waals surface area contributed by atoms with Gasteiger partial charge in [0.2, 0.25) is 23.6 Å². The van der Waals surface area contributed by atoms with Crippen LogP contribution >= 0.6 is 0 Å². The SMILES string of the molecule is CC(=O)N1CCc2c(c(N3CCCc4cc(C)c(C(F)F)cc43)nn2C2CCN(C(=O)CN3Cc4cc5c(cc4C3)C(=O)N(C3CCC(=O)NC3=O)C5=O)CC2)C1. The van der Waals surface area contributed by atoms with Gasteiger partial charge in [-0.05, 0) is 79.5 Å². The molecule has 0 aliphatic carbocycles. The topological polar surface area (TPSA) is 148 Å². The molecule has 2 saturated heterocycles. The standard InChI is InChI=1S/C41H44F2N8O6/c1-22-14-24-4-3-10-49(34(24)17-28(22)37(42)43)38-31-20-48(23(2)52)13-9-32(31)51(45-38)27-7-11-47(12-8-27)36(54)21-46-18-25-15-29-30(16-26(25)19-46)41(57)50(40(29)56)33-5-6-35(53)44-39(33)55/h14-17,27,33,37H,3-13,18-21H2,1-2H3,(H,44,53,55). The van der Waals surface area contributed by atoms with Crippen molar-refractivity contribution in [3.8, 4) is 0 Å². The summed E-state index contributed by atoms with van der Waals surface area (Å²) in [5.74, 6) is -1.50. The number of aromatic nitrogens is 2. The van der Waals surface area contributed by atoms with E-state index in [4.69, 9.17) is 5.10 Å². The molecule has 3 aromatic rings. The van der Waals surface area contributed by atoms with Gasteiger partial charge in [-0.1, -0.05) is 6.07 Å². The van der Waals surface area contributed by atoms with Crippen molar-refractivity contribution >= 4 is 46.9 Å². The zero-order valence-corrected chi connectivity index (χ0v) is 32.0. The van der Waals surface area contributed by atoms with Gasteiger partial charge in [-0.25, -0.2) is 8.78 Å². The molecule has 57 heavy (non-hydrogen) atoms. The molecule has 2 fully saturated rings. The van der Waals surface area contributed by atoms with Gasteiger partial charge in [0.05, 0.1) is 30.3 Å². The molecule has 1 N–H and O–H groups in total. The second-order valence-corrected chi connectivity index (χ2v) is 16.1. The van der Waals surface area contributed by atoms with E-state index in [9.17, 15) is 37.5 Å². The van der Waals surface area contributed by atoms with E-state index in [2.05, 4.69) is 14.9 Å². The first kappa shape index (κ1) is 37.1. The van der Waals surface area contributed by atoms with Gasteiger partial charge >= 0.3 is 0 Å². The van der Waals surface area contributed by atoms with Crippen LogP contribution < -0.4 is 10.2 Å². The van der Waals surface area contributed by atoms with Crippen molar-refractivity contribution in [3.63, 3.8) is 0 Å². The van der Waals surface area contributed by atoms with Crippen LogP contribution in [0.1, 0.15) is 111 Å². The molecule has 6 aliphatic rings. The Bertz CT molecular complexity index is 2220. The number of halogens is 2. The second-order valence-electron chi connectivity index (χ2n) is 16.1. The van der Waals surface area contributed by atoms with Crippen LogP contribution in [0.5, 0.6) is 0 Å². The third-order valence-corrected chi connectivity index (χ3v) is 12.7. The lowest BCUT2D eigenvalue weighted by molar-refractivity contribution is -0.136. The monoisotopic (exact) mass is 782 g/mol. The number of fused-ring (bicyclic) bond motifs is 4. The molecule has 0 bridgehead atoms. The Morgan fingerprint density at radius 3 is 2.19 bits per heavy atom. The summed E-state index contributed by atoms with van der Waals surface area (Å²) in [4.78, 5) is 85.7. The maximum atomic E-state index is 14.1. The summed E-state index contributed by atoms with van der Waals surface area (Å²) in [5.41, 5.74) is 6.53. The van der Waals surface area contributed by atoms with Crippen LogP contribution in [-0.4, -0.2) is 104 Å². The summed E-state index contributed by atoms with van der Waals surface area (Å²) in [6, 6.07) is 5.87. The summed E-state index contributed by atoms with van der Waals surface area (Å²) in [7, 11) is 0. The molecular formula is C41H44F2N8O6. The fraction of sp³-hybridized carbons (Fsp3) is 0.488. The lowest BCUT2D eigenvalue weighted by Crippen LogP contribution is -2.54. The van der Waals surface area contributed by atoms with Crippen molar-refractivity contribution in [3.05, 3.63) is 74.5 Å². The van der Waals surface area contributed by atoms with Crippen LogP contribution in [0.2, 0.25) is 0 Å². The number of hydrogen-bond donors (Lipinski definition) is 1. The van der Waals surface area contributed by atoms with Crippen LogP contribution in [0, 0.1) is 6.92 Å². The minimum Gasteiger partial charge on any atom is -0.341 e. The number of nitrogens with zero attached hydrogens (tertiary/aromatic N) is 7. The molecule has 1 unspecified atom stereocenters. The molecule has 7 heterocycles. The summed E-state index contributed by atoms with van der Waals surface area (Å²) in [5, 5.41) is 7.42. The van der Waals surface area contributed by atoms with E-state index in [0.29, 0.717) is 76.5 Å². The van der Waals surface area contributed by atoms with Crippen molar-refractivity contribution in [2.45, 2.75) is 96.9 Å². The van der Waals surface area contributed by atoms with Gasteiger partial charge in [0.15, 0.2) is 5.82 Å². The number of hydrogen-bond acceptors (Lipinski definition) is 9. The molecule has 14 nitrogen and oxygen atoms in total. The van der Waals surface area contributed by atoms with Crippen LogP contribution in [0.25, 0.3) is 0 Å². The summed E-state index contributed by atoms with van der Waals surface area (Å²) >= 11 is 0. The Labute approximate surface area is 327 Å². The Hall–Kier alpha value is -5.51. The molecule has 1 aromatic heterocycles. The predicted octanol–water partition coefficient (Wildman–Crippen LogP) is 3.70. The zero-order chi connectivity index (χ0) is 39.9. The molecule has 0 radical (unpaired) electrons.